The van der Waals surface area contributed by atoms with Crippen molar-refractivity contribution in [2.24, 2.45) is 5.92 Å². The molecule has 3 heterocycles. The van der Waals surface area contributed by atoms with Gasteiger partial charge in [0, 0.05) is 31.4 Å². The van der Waals surface area contributed by atoms with Gasteiger partial charge in [0.15, 0.2) is 5.69 Å². The average molecular weight is 368 g/mol. The van der Waals surface area contributed by atoms with Gasteiger partial charge in [-0.15, -0.1) is 0 Å². The number of aromatic nitrogens is 5. The zero-order valence-corrected chi connectivity index (χ0v) is 15.7. The molecule has 1 aliphatic rings. The minimum absolute atomic E-state index is 0.0180. The number of fused-ring (bicyclic) bond motifs is 1. The minimum Gasteiger partial charge on any atom is -0.337 e. The Morgan fingerprint density at radius 1 is 1.22 bits per heavy atom. The number of hydrogen-bond acceptors (Lipinski definition) is 4. The zero-order chi connectivity index (χ0) is 19.0. The summed E-state index contributed by atoms with van der Waals surface area (Å²) in [7, 11) is 0. The molecule has 1 aliphatic heterocycles. The van der Waals surface area contributed by atoms with Crippen LogP contribution in [0.4, 0.5) is 0 Å². The lowest BCUT2D eigenvalue weighted by molar-refractivity contribution is 0.0685. The van der Waals surface area contributed by atoms with E-state index >= 15 is 0 Å². The first-order valence-electron chi connectivity index (χ1n) is 9.45. The number of amides is 1. The Hall–Kier alpha value is -2.90. The Morgan fingerprint density at radius 2 is 2.00 bits per heavy atom. The van der Waals surface area contributed by atoms with Gasteiger partial charge in [-0.3, -0.25) is 14.5 Å². The second-order valence-electron chi connectivity index (χ2n) is 7.25. The SMILES string of the molecule is CCn1c(CC2CCN(C(=O)c3n[nH]c4ccc(C)cc34)CC2)n[nH]c1=O. The van der Waals surface area contributed by atoms with E-state index in [0.29, 0.717) is 31.2 Å². The molecule has 3 aromatic rings. The summed E-state index contributed by atoms with van der Waals surface area (Å²) in [6, 6.07) is 5.96. The molecule has 1 fully saturated rings. The van der Waals surface area contributed by atoms with Gasteiger partial charge >= 0.3 is 5.69 Å². The fraction of sp³-hybridized carbons (Fsp3) is 0.474. The molecule has 0 atom stereocenters. The van der Waals surface area contributed by atoms with E-state index in [1.807, 2.05) is 36.9 Å². The van der Waals surface area contributed by atoms with E-state index in [4.69, 9.17) is 0 Å². The highest BCUT2D eigenvalue weighted by molar-refractivity contribution is 6.04. The number of aromatic amines is 2. The molecule has 0 unspecified atom stereocenters. The molecule has 0 spiro atoms. The molecule has 1 amide bonds. The number of carbonyl (C=O) groups is 1. The molecule has 0 bridgehead atoms. The lowest BCUT2D eigenvalue weighted by Crippen LogP contribution is -2.39. The van der Waals surface area contributed by atoms with Gasteiger partial charge in [-0.2, -0.15) is 10.2 Å². The Labute approximate surface area is 156 Å². The van der Waals surface area contributed by atoms with Crippen molar-refractivity contribution >= 4 is 16.8 Å². The number of piperidine rings is 1. The van der Waals surface area contributed by atoms with Crippen molar-refractivity contribution in [3.8, 4) is 0 Å². The highest BCUT2D eigenvalue weighted by Gasteiger charge is 2.27. The molecule has 0 radical (unpaired) electrons. The van der Waals surface area contributed by atoms with Crippen LogP contribution in [0.15, 0.2) is 23.0 Å². The van der Waals surface area contributed by atoms with Crippen LogP contribution in [-0.4, -0.2) is 48.9 Å². The van der Waals surface area contributed by atoms with Crippen LogP contribution in [0.3, 0.4) is 0 Å². The molecule has 0 aliphatic carbocycles. The van der Waals surface area contributed by atoms with E-state index in [9.17, 15) is 9.59 Å². The minimum atomic E-state index is -0.152. The summed E-state index contributed by atoms with van der Waals surface area (Å²) in [5.41, 5.74) is 2.34. The van der Waals surface area contributed by atoms with Crippen molar-refractivity contribution in [3.05, 3.63) is 45.8 Å². The smallest absolute Gasteiger partial charge is 0.337 e. The number of nitrogens with zero attached hydrogens (tertiary/aromatic N) is 4. The molecule has 142 valence electrons. The largest absolute Gasteiger partial charge is 0.343 e. The fourth-order valence-corrected chi connectivity index (χ4v) is 3.87. The summed E-state index contributed by atoms with van der Waals surface area (Å²) in [4.78, 5) is 26.5. The van der Waals surface area contributed by atoms with Gasteiger partial charge in [0.25, 0.3) is 5.91 Å². The van der Waals surface area contributed by atoms with Crippen LogP contribution in [0.5, 0.6) is 0 Å². The van der Waals surface area contributed by atoms with E-state index in [0.717, 1.165) is 41.6 Å². The normalized spacial score (nSPS) is 15.6. The van der Waals surface area contributed by atoms with Gasteiger partial charge in [-0.05, 0) is 44.7 Å². The molecular weight excluding hydrogens is 344 g/mol. The number of nitrogens with one attached hydrogen (secondary N) is 2. The first-order chi connectivity index (χ1) is 13.1. The van der Waals surface area contributed by atoms with Crippen LogP contribution in [0, 0.1) is 12.8 Å². The second-order valence-corrected chi connectivity index (χ2v) is 7.25. The number of aryl methyl sites for hydroxylation is 1. The first kappa shape index (κ1) is 17.5. The van der Waals surface area contributed by atoms with Crippen molar-refractivity contribution in [1.29, 1.82) is 0 Å². The summed E-state index contributed by atoms with van der Waals surface area (Å²) in [6.07, 6.45) is 2.56. The summed E-state index contributed by atoms with van der Waals surface area (Å²) >= 11 is 0. The van der Waals surface area contributed by atoms with Gasteiger partial charge in [-0.1, -0.05) is 11.6 Å². The highest BCUT2D eigenvalue weighted by Crippen LogP contribution is 2.24. The monoisotopic (exact) mass is 368 g/mol. The Balaban J connectivity index is 1.43. The lowest BCUT2D eigenvalue weighted by atomic mass is 9.93. The second kappa shape index (κ2) is 7.02. The maximum absolute atomic E-state index is 12.9. The molecule has 1 saturated heterocycles. The molecule has 1 aromatic carbocycles. The third-order valence-corrected chi connectivity index (χ3v) is 5.45. The number of likely N-dealkylation sites (tertiary alicyclic amines) is 1. The molecule has 2 N–H and O–H groups in total. The summed E-state index contributed by atoms with van der Waals surface area (Å²) < 4.78 is 1.68. The number of carbonyl (C=O) groups excluding carboxylic acids is 1. The molecule has 8 nitrogen and oxygen atoms in total. The van der Waals surface area contributed by atoms with Crippen molar-refractivity contribution in [3.63, 3.8) is 0 Å². The summed E-state index contributed by atoms with van der Waals surface area (Å²) in [5, 5.41) is 14.8. The Bertz CT molecular complexity index is 1020. The number of benzene rings is 1. The highest BCUT2D eigenvalue weighted by atomic mass is 16.2. The Morgan fingerprint density at radius 3 is 2.74 bits per heavy atom. The van der Waals surface area contributed by atoms with Crippen molar-refractivity contribution in [2.75, 3.05) is 13.1 Å². The van der Waals surface area contributed by atoms with E-state index in [1.54, 1.807) is 4.57 Å². The van der Waals surface area contributed by atoms with Crippen LogP contribution in [-0.2, 0) is 13.0 Å². The van der Waals surface area contributed by atoms with Gasteiger partial charge in [0.1, 0.15) is 5.82 Å². The Kier molecular flexibility index (Phi) is 4.55. The van der Waals surface area contributed by atoms with Crippen molar-refractivity contribution in [2.45, 2.75) is 39.7 Å². The van der Waals surface area contributed by atoms with E-state index < -0.39 is 0 Å². The number of hydrogen-bond donors (Lipinski definition) is 2. The van der Waals surface area contributed by atoms with Crippen molar-refractivity contribution in [1.82, 2.24) is 29.9 Å². The van der Waals surface area contributed by atoms with Crippen LogP contribution < -0.4 is 5.69 Å². The number of H-pyrrole nitrogens is 2. The third-order valence-electron chi connectivity index (χ3n) is 5.45. The van der Waals surface area contributed by atoms with Crippen LogP contribution >= 0.6 is 0 Å². The maximum Gasteiger partial charge on any atom is 0.343 e. The van der Waals surface area contributed by atoms with Crippen LogP contribution in [0.1, 0.15) is 41.6 Å². The maximum atomic E-state index is 12.9. The van der Waals surface area contributed by atoms with Crippen molar-refractivity contribution < 1.29 is 4.79 Å². The molecular formula is C19H24N6O2. The molecule has 27 heavy (non-hydrogen) atoms. The van der Waals surface area contributed by atoms with Crippen LogP contribution in [0.25, 0.3) is 10.9 Å². The predicted molar refractivity (Wildman–Crippen MR) is 102 cm³/mol. The van der Waals surface area contributed by atoms with Crippen LogP contribution in [0.2, 0.25) is 0 Å². The molecule has 2 aromatic heterocycles. The predicted octanol–water partition coefficient (Wildman–Crippen LogP) is 1.87. The topological polar surface area (TPSA) is 99.7 Å². The first-order valence-corrected chi connectivity index (χ1v) is 9.45. The van der Waals surface area contributed by atoms with Gasteiger partial charge < -0.3 is 4.90 Å². The zero-order valence-electron chi connectivity index (χ0n) is 15.7. The van der Waals surface area contributed by atoms with Gasteiger partial charge in [-0.25, -0.2) is 9.89 Å². The average Bonchev–Trinajstić information content (AvgIpc) is 3.24. The third kappa shape index (κ3) is 3.27. The van der Waals surface area contributed by atoms with E-state index in [2.05, 4.69) is 20.4 Å². The summed E-state index contributed by atoms with van der Waals surface area (Å²) in [5.74, 6) is 1.21. The number of rotatable bonds is 4. The quantitative estimate of drug-likeness (QED) is 0.734. The van der Waals surface area contributed by atoms with E-state index in [-0.39, 0.29) is 11.6 Å². The van der Waals surface area contributed by atoms with Gasteiger partial charge in [0.2, 0.25) is 0 Å². The fourth-order valence-electron chi connectivity index (χ4n) is 3.87. The molecule has 0 saturated carbocycles. The van der Waals surface area contributed by atoms with E-state index in [1.165, 1.54) is 0 Å². The summed E-state index contributed by atoms with van der Waals surface area (Å²) in [6.45, 7) is 5.97. The molecule has 4 rings (SSSR count). The molecule has 8 heteroatoms. The standard InChI is InChI=1S/C19H24N6O2/c1-3-25-16(21-23-19(25)27)11-13-6-8-24(9-7-13)18(26)17-14-10-12(2)4-5-15(14)20-22-17/h4-5,10,13H,3,6-9,11H2,1-2H3,(H,20,22)(H,23,27). The lowest BCUT2D eigenvalue weighted by Gasteiger charge is -2.31. The van der Waals surface area contributed by atoms with Gasteiger partial charge in [0.05, 0.1) is 5.52 Å².